The van der Waals surface area contributed by atoms with Crippen LogP contribution in [0.5, 0.6) is 0 Å². The number of carbonyl (C=O) groups is 2. The van der Waals surface area contributed by atoms with Gasteiger partial charge in [0.15, 0.2) is 11.6 Å². The molecule has 1 aliphatic heterocycles. The van der Waals surface area contributed by atoms with Crippen molar-refractivity contribution in [2.45, 2.75) is 6.42 Å². The van der Waals surface area contributed by atoms with Crippen molar-refractivity contribution >= 4 is 11.8 Å². The Kier molecular flexibility index (Phi) is 5.07. The van der Waals surface area contributed by atoms with E-state index in [1.807, 2.05) is 30.3 Å². The molecular formula is C19H18F2N2O2. The molecule has 2 aromatic carbocycles. The number of halogens is 2. The van der Waals surface area contributed by atoms with Crippen LogP contribution >= 0.6 is 0 Å². The van der Waals surface area contributed by atoms with E-state index in [0.29, 0.717) is 32.6 Å². The second-order valence-electron chi connectivity index (χ2n) is 5.96. The van der Waals surface area contributed by atoms with Crippen LogP contribution in [0.1, 0.15) is 15.9 Å². The summed E-state index contributed by atoms with van der Waals surface area (Å²) in [5, 5.41) is 0. The number of rotatable bonds is 3. The lowest BCUT2D eigenvalue weighted by Gasteiger charge is -2.35. The van der Waals surface area contributed by atoms with Crippen LogP contribution in [0.25, 0.3) is 0 Å². The van der Waals surface area contributed by atoms with Crippen LogP contribution in [0.2, 0.25) is 0 Å². The molecule has 1 fully saturated rings. The summed E-state index contributed by atoms with van der Waals surface area (Å²) in [4.78, 5) is 28.0. The molecule has 25 heavy (non-hydrogen) atoms. The first kappa shape index (κ1) is 17.1. The summed E-state index contributed by atoms with van der Waals surface area (Å²) in [7, 11) is 0. The van der Waals surface area contributed by atoms with E-state index in [-0.39, 0.29) is 17.4 Å². The van der Waals surface area contributed by atoms with Gasteiger partial charge in [0, 0.05) is 31.7 Å². The molecule has 0 radical (unpaired) electrons. The minimum atomic E-state index is -1.04. The van der Waals surface area contributed by atoms with E-state index in [0.717, 1.165) is 17.7 Å². The fourth-order valence-electron chi connectivity index (χ4n) is 2.85. The first-order chi connectivity index (χ1) is 12.0. The quantitative estimate of drug-likeness (QED) is 0.858. The molecule has 0 N–H and O–H groups in total. The molecule has 0 aromatic heterocycles. The van der Waals surface area contributed by atoms with Crippen molar-refractivity contribution < 1.29 is 18.4 Å². The highest BCUT2D eigenvalue weighted by atomic mass is 19.2. The van der Waals surface area contributed by atoms with Crippen molar-refractivity contribution in [3.8, 4) is 0 Å². The van der Waals surface area contributed by atoms with Crippen molar-refractivity contribution in [1.82, 2.24) is 9.80 Å². The lowest BCUT2D eigenvalue weighted by Crippen LogP contribution is -2.51. The first-order valence-corrected chi connectivity index (χ1v) is 8.10. The lowest BCUT2D eigenvalue weighted by molar-refractivity contribution is -0.131. The molecule has 1 aliphatic rings. The van der Waals surface area contributed by atoms with Gasteiger partial charge < -0.3 is 9.80 Å². The number of hydrogen-bond donors (Lipinski definition) is 0. The zero-order valence-corrected chi connectivity index (χ0v) is 13.6. The molecule has 4 nitrogen and oxygen atoms in total. The number of hydrogen-bond acceptors (Lipinski definition) is 2. The Bertz CT molecular complexity index is 772. The highest BCUT2D eigenvalue weighted by Gasteiger charge is 2.25. The van der Waals surface area contributed by atoms with E-state index in [9.17, 15) is 18.4 Å². The molecule has 1 heterocycles. The van der Waals surface area contributed by atoms with Gasteiger partial charge in [-0.15, -0.1) is 0 Å². The van der Waals surface area contributed by atoms with Gasteiger partial charge in [0.05, 0.1) is 6.42 Å². The molecule has 130 valence electrons. The largest absolute Gasteiger partial charge is 0.339 e. The average molecular weight is 344 g/mol. The summed E-state index contributed by atoms with van der Waals surface area (Å²) in [6, 6.07) is 12.6. The molecular weight excluding hydrogens is 326 g/mol. The predicted octanol–water partition coefficient (Wildman–Crippen LogP) is 2.49. The zero-order chi connectivity index (χ0) is 17.8. The van der Waals surface area contributed by atoms with Crippen LogP contribution in [0.3, 0.4) is 0 Å². The maximum atomic E-state index is 13.3. The van der Waals surface area contributed by atoms with Crippen LogP contribution in [-0.4, -0.2) is 47.8 Å². The summed E-state index contributed by atoms with van der Waals surface area (Å²) in [5.74, 6) is -2.35. The molecule has 0 spiro atoms. The maximum Gasteiger partial charge on any atom is 0.254 e. The Morgan fingerprint density at radius 3 is 2.12 bits per heavy atom. The Hall–Kier alpha value is -2.76. The highest BCUT2D eigenvalue weighted by molar-refractivity contribution is 5.94. The zero-order valence-electron chi connectivity index (χ0n) is 13.6. The van der Waals surface area contributed by atoms with Crippen LogP contribution in [0, 0.1) is 11.6 Å². The van der Waals surface area contributed by atoms with Gasteiger partial charge in [-0.05, 0) is 23.8 Å². The van der Waals surface area contributed by atoms with Gasteiger partial charge in [0.2, 0.25) is 5.91 Å². The molecule has 1 saturated heterocycles. The summed E-state index contributed by atoms with van der Waals surface area (Å²) >= 11 is 0. The lowest BCUT2D eigenvalue weighted by atomic mass is 10.1. The van der Waals surface area contributed by atoms with Gasteiger partial charge in [-0.1, -0.05) is 30.3 Å². The first-order valence-electron chi connectivity index (χ1n) is 8.10. The topological polar surface area (TPSA) is 40.6 Å². The number of carbonyl (C=O) groups excluding carboxylic acids is 2. The van der Waals surface area contributed by atoms with E-state index >= 15 is 0 Å². The molecule has 2 aromatic rings. The molecule has 3 rings (SSSR count). The highest BCUT2D eigenvalue weighted by Crippen LogP contribution is 2.13. The van der Waals surface area contributed by atoms with E-state index in [2.05, 4.69) is 0 Å². The summed E-state index contributed by atoms with van der Waals surface area (Å²) in [6.07, 6.45) is 0.331. The molecule has 6 heteroatoms. The van der Waals surface area contributed by atoms with Crippen LogP contribution in [0.4, 0.5) is 8.78 Å². The molecule has 0 saturated carbocycles. The number of amides is 2. The predicted molar refractivity (Wildman–Crippen MR) is 89.0 cm³/mol. The van der Waals surface area contributed by atoms with Crippen molar-refractivity contribution in [2.75, 3.05) is 26.2 Å². The second-order valence-corrected chi connectivity index (χ2v) is 5.96. The molecule has 2 amide bonds. The molecule has 0 aliphatic carbocycles. The van der Waals surface area contributed by atoms with E-state index in [4.69, 9.17) is 0 Å². The minimum Gasteiger partial charge on any atom is -0.339 e. The van der Waals surface area contributed by atoms with Crippen molar-refractivity contribution in [3.63, 3.8) is 0 Å². The Balaban J connectivity index is 1.57. The third-order valence-electron chi connectivity index (χ3n) is 4.28. The smallest absolute Gasteiger partial charge is 0.254 e. The van der Waals surface area contributed by atoms with Gasteiger partial charge in [0.25, 0.3) is 5.91 Å². The fraction of sp³-hybridized carbons (Fsp3) is 0.263. The summed E-state index contributed by atoms with van der Waals surface area (Å²) in [6.45, 7) is 1.61. The van der Waals surface area contributed by atoms with Gasteiger partial charge in [-0.25, -0.2) is 8.78 Å². The summed E-state index contributed by atoms with van der Waals surface area (Å²) in [5.41, 5.74) is 1.07. The van der Waals surface area contributed by atoms with Crippen LogP contribution < -0.4 is 0 Å². The number of nitrogens with zero attached hydrogens (tertiary/aromatic N) is 2. The van der Waals surface area contributed by atoms with Gasteiger partial charge in [0.1, 0.15) is 0 Å². The third kappa shape index (κ3) is 4.02. The summed E-state index contributed by atoms with van der Waals surface area (Å²) < 4.78 is 26.3. The third-order valence-corrected chi connectivity index (χ3v) is 4.28. The van der Waals surface area contributed by atoms with E-state index in [1.54, 1.807) is 9.80 Å². The normalized spacial score (nSPS) is 14.5. The number of piperazine rings is 1. The van der Waals surface area contributed by atoms with Gasteiger partial charge in [-0.3, -0.25) is 9.59 Å². The fourth-order valence-corrected chi connectivity index (χ4v) is 2.85. The van der Waals surface area contributed by atoms with Crippen molar-refractivity contribution in [2.24, 2.45) is 0 Å². The van der Waals surface area contributed by atoms with Gasteiger partial charge >= 0.3 is 0 Å². The Morgan fingerprint density at radius 1 is 0.840 bits per heavy atom. The SMILES string of the molecule is O=C(Cc1ccccc1)N1CCN(C(=O)c2ccc(F)c(F)c2)CC1. The maximum absolute atomic E-state index is 13.3. The van der Waals surface area contributed by atoms with Gasteiger partial charge in [-0.2, -0.15) is 0 Å². The second kappa shape index (κ2) is 7.42. The average Bonchev–Trinajstić information content (AvgIpc) is 2.64. The monoisotopic (exact) mass is 344 g/mol. The van der Waals surface area contributed by atoms with Crippen molar-refractivity contribution in [3.05, 3.63) is 71.3 Å². The van der Waals surface area contributed by atoms with Crippen molar-refractivity contribution in [1.29, 1.82) is 0 Å². The Morgan fingerprint density at radius 2 is 1.48 bits per heavy atom. The molecule has 0 atom stereocenters. The molecule has 0 bridgehead atoms. The van der Waals surface area contributed by atoms with Crippen LogP contribution in [-0.2, 0) is 11.2 Å². The number of benzene rings is 2. The minimum absolute atomic E-state index is 0.0196. The standard InChI is InChI=1S/C19H18F2N2O2/c20-16-7-6-15(13-17(16)21)19(25)23-10-8-22(9-11-23)18(24)12-14-4-2-1-3-5-14/h1-7,13H,8-12H2. The van der Waals surface area contributed by atoms with E-state index < -0.39 is 11.6 Å². The molecule has 0 unspecified atom stereocenters. The van der Waals surface area contributed by atoms with Crippen LogP contribution in [0.15, 0.2) is 48.5 Å². The van der Waals surface area contributed by atoms with E-state index in [1.165, 1.54) is 6.07 Å². The Labute approximate surface area is 144 Å².